The average molecular weight is 412 g/mol. The standard InChI is InChI=1S/C19H29N3O5S/c1-28(25,26)18-13-16(5-6-17(18)22(23)24)20-14-19(7-3-2-4-8-19)15-21-9-11-27-12-10-21/h5-6,13,20H,2-4,7-12,14-15H2,1H3. The smallest absolute Gasteiger partial charge is 0.288 e. The molecule has 0 amide bonds. The van der Waals surface area contributed by atoms with Crippen molar-refractivity contribution in [3.05, 3.63) is 28.3 Å². The maximum absolute atomic E-state index is 12.0. The molecule has 3 rings (SSSR count). The molecule has 1 N–H and O–H groups in total. The third-order valence-corrected chi connectivity index (χ3v) is 6.93. The van der Waals surface area contributed by atoms with Crippen LogP contribution in [0.5, 0.6) is 0 Å². The number of nitro benzene ring substituents is 1. The minimum absolute atomic E-state index is 0.128. The summed E-state index contributed by atoms with van der Waals surface area (Å²) in [4.78, 5) is 12.7. The van der Waals surface area contributed by atoms with E-state index in [1.807, 2.05) is 0 Å². The quantitative estimate of drug-likeness (QED) is 0.544. The summed E-state index contributed by atoms with van der Waals surface area (Å²) in [5.74, 6) is 0. The largest absolute Gasteiger partial charge is 0.384 e. The van der Waals surface area contributed by atoms with Gasteiger partial charge in [-0.05, 0) is 25.0 Å². The van der Waals surface area contributed by atoms with E-state index >= 15 is 0 Å². The van der Waals surface area contributed by atoms with E-state index in [1.54, 1.807) is 6.07 Å². The number of ether oxygens (including phenoxy) is 1. The van der Waals surface area contributed by atoms with E-state index in [0.29, 0.717) is 5.69 Å². The number of anilines is 1. The van der Waals surface area contributed by atoms with Crippen molar-refractivity contribution in [3.8, 4) is 0 Å². The van der Waals surface area contributed by atoms with Gasteiger partial charge in [-0.2, -0.15) is 0 Å². The number of nitro groups is 1. The molecule has 0 atom stereocenters. The van der Waals surface area contributed by atoms with Crippen LogP contribution in [-0.2, 0) is 14.6 Å². The summed E-state index contributed by atoms with van der Waals surface area (Å²) >= 11 is 0. The molecule has 2 aliphatic rings. The van der Waals surface area contributed by atoms with Gasteiger partial charge in [0.1, 0.15) is 4.90 Å². The van der Waals surface area contributed by atoms with Gasteiger partial charge in [0.25, 0.3) is 5.69 Å². The zero-order valence-corrected chi connectivity index (χ0v) is 17.2. The molecule has 1 heterocycles. The average Bonchev–Trinajstić information content (AvgIpc) is 2.67. The number of nitrogens with one attached hydrogen (secondary N) is 1. The summed E-state index contributed by atoms with van der Waals surface area (Å²) in [5.41, 5.74) is 0.356. The van der Waals surface area contributed by atoms with Crippen LogP contribution < -0.4 is 5.32 Å². The third kappa shape index (κ3) is 5.21. The van der Waals surface area contributed by atoms with Gasteiger partial charge >= 0.3 is 0 Å². The van der Waals surface area contributed by atoms with Gasteiger partial charge in [0.15, 0.2) is 9.84 Å². The molecule has 1 aromatic rings. The zero-order chi connectivity index (χ0) is 20.2. The molecule has 1 saturated carbocycles. The second-order valence-electron chi connectivity index (χ2n) is 8.01. The number of hydrogen-bond donors (Lipinski definition) is 1. The summed E-state index contributed by atoms with van der Waals surface area (Å²) < 4.78 is 29.4. The summed E-state index contributed by atoms with van der Waals surface area (Å²) in [6.45, 7) is 5.14. The molecule has 1 aliphatic heterocycles. The first-order valence-electron chi connectivity index (χ1n) is 9.82. The van der Waals surface area contributed by atoms with Crippen LogP contribution >= 0.6 is 0 Å². The van der Waals surface area contributed by atoms with Crippen LogP contribution in [-0.4, -0.2) is 63.9 Å². The van der Waals surface area contributed by atoms with Gasteiger partial charge in [0, 0.05) is 49.6 Å². The van der Waals surface area contributed by atoms with Crippen molar-refractivity contribution in [3.63, 3.8) is 0 Å². The highest BCUT2D eigenvalue weighted by molar-refractivity contribution is 7.90. The first-order valence-corrected chi connectivity index (χ1v) is 11.7. The highest BCUT2D eigenvalue weighted by Crippen LogP contribution is 2.38. The van der Waals surface area contributed by atoms with Crippen LogP contribution in [0.25, 0.3) is 0 Å². The Hall–Kier alpha value is -1.71. The molecular weight excluding hydrogens is 382 g/mol. The molecule has 1 aromatic carbocycles. The van der Waals surface area contributed by atoms with E-state index in [4.69, 9.17) is 4.74 Å². The third-order valence-electron chi connectivity index (χ3n) is 5.80. The van der Waals surface area contributed by atoms with E-state index in [1.165, 1.54) is 31.4 Å². The Balaban J connectivity index is 1.76. The van der Waals surface area contributed by atoms with Crippen LogP contribution in [0.3, 0.4) is 0 Å². The van der Waals surface area contributed by atoms with Crippen molar-refractivity contribution < 1.29 is 18.1 Å². The van der Waals surface area contributed by atoms with E-state index in [0.717, 1.165) is 58.5 Å². The van der Waals surface area contributed by atoms with Gasteiger partial charge in [-0.25, -0.2) is 8.42 Å². The van der Waals surface area contributed by atoms with Crippen LogP contribution in [0, 0.1) is 15.5 Å². The summed E-state index contributed by atoms with van der Waals surface area (Å²) in [6.07, 6.45) is 6.90. The van der Waals surface area contributed by atoms with Crippen LogP contribution in [0.15, 0.2) is 23.1 Å². The van der Waals surface area contributed by atoms with Crippen molar-refractivity contribution >= 4 is 21.2 Å². The molecule has 28 heavy (non-hydrogen) atoms. The highest BCUT2D eigenvalue weighted by Gasteiger charge is 2.34. The lowest BCUT2D eigenvalue weighted by molar-refractivity contribution is -0.387. The predicted octanol–water partition coefficient (Wildman–Crippen LogP) is 2.69. The molecule has 0 spiro atoms. The second-order valence-corrected chi connectivity index (χ2v) is 10.00. The number of benzene rings is 1. The number of hydrogen-bond acceptors (Lipinski definition) is 7. The predicted molar refractivity (Wildman–Crippen MR) is 107 cm³/mol. The SMILES string of the molecule is CS(=O)(=O)c1cc(NCC2(CN3CCOCC3)CCCCC2)ccc1[N+](=O)[O-]. The summed E-state index contributed by atoms with van der Waals surface area (Å²) in [7, 11) is -3.69. The summed E-state index contributed by atoms with van der Waals surface area (Å²) in [6, 6.07) is 4.25. The normalized spacial score (nSPS) is 20.6. The maximum Gasteiger partial charge on any atom is 0.288 e. The van der Waals surface area contributed by atoms with Crippen molar-refractivity contribution in [2.45, 2.75) is 37.0 Å². The van der Waals surface area contributed by atoms with Crippen LogP contribution in [0.4, 0.5) is 11.4 Å². The number of rotatable bonds is 7. The van der Waals surface area contributed by atoms with Crippen molar-refractivity contribution in [1.29, 1.82) is 0 Å². The minimum Gasteiger partial charge on any atom is -0.384 e. The van der Waals surface area contributed by atoms with Gasteiger partial charge < -0.3 is 10.1 Å². The van der Waals surface area contributed by atoms with Crippen LogP contribution in [0.2, 0.25) is 0 Å². The minimum atomic E-state index is -3.69. The molecule has 8 nitrogen and oxygen atoms in total. The fourth-order valence-corrected chi connectivity index (χ4v) is 5.15. The lowest BCUT2D eigenvalue weighted by atomic mass is 9.73. The molecule has 1 saturated heterocycles. The van der Waals surface area contributed by atoms with E-state index in [2.05, 4.69) is 10.2 Å². The molecular formula is C19H29N3O5S. The topological polar surface area (TPSA) is 102 Å². The fraction of sp³-hybridized carbons (Fsp3) is 0.684. The Labute approximate surface area is 166 Å². The van der Waals surface area contributed by atoms with Crippen molar-refractivity contribution in [2.75, 3.05) is 51.0 Å². The van der Waals surface area contributed by atoms with Crippen molar-refractivity contribution in [1.82, 2.24) is 4.90 Å². The highest BCUT2D eigenvalue weighted by atomic mass is 32.2. The van der Waals surface area contributed by atoms with Gasteiger partial charge in [-0.15, -0.1) is 0 Å². The Bertz CT molecular complexity index is 800. The Kier molecular flexibility index (Phi) is 6.57. The van der Waals surface area contributed by atoms with Crippen molar-refractivity contribution in [2.24, 2.45) is 5.41 Å². The van der Waals surface area contributed by atoms with Crippen LogP contribution in [0.1, 0.15) is 32.1 Å². The van der Waals surface area contributed by atoms with Gasteiger partial charge in [-0.3, -0.25) is 15.0 Å². The zero-order valence-electron chi connectivity index (χ0n) is 16.4. The number of nitrogens with zero attached hydrogens (tertiary/aromatic N) is 2. The molecule has 0 radical (unpaired) electrons. The lowest BCUT2D eigenvalue weighted by Gasteiger charge is -2.42. The Morgan fingerprint density at radius 1 is 1.21 bits per heavy atom. The summed E-state index contributed by atoms with van der Waals surface area (Å²) in [5, 5.41) is 14.5. The van der Waals surface area contributed by atoms with Gasteiger partial charge in [0.05, 0.1) is 18.1 Å². The Morgan fingerprint density at radius 3 is 2.50 bits per heavy atom. The van der Waals surface area contributed by atoms with E-state index in [9.17, 15) is 18.5 Å². The molecule has 0 aromatic heterocycles. The first kappa shape index (κ1) is 21.0. The molecule has 2 fully saturated rings. The first-order chi connectivity index (χ1) is 13.3. The monoisotopic (exact) mass is 411 g/mol. The molecule has 0 bridgehead atoms. The van der Waals surface area contributed by atoms with Gasteiger partial charge in [-0.1, -0.05) is 19.3 Å². The maximum atomic E-state index is 12.0. The second kappa shape index (κ2) is 8.75. The number of sulfone groups is 1. The van der Waals surface area contributed by atoms with Gasteiger partial charge in [0.2, 0.25) is 0 Å². The molecule has 0 unspecified atom stereocenters. The Morgan fingerprint density at radius 2 is 1.89 bits per heavy atom. The van der Waals surface area contributed by atoms with E-state index < -0.39 is 14.8 Å². The lowest BCUT2D eigenvalue weighted by Crippen LogP contribution is -2.47. The fourth-order valence-electron chi connectivity index (χ4n) is 4.29. The number of morpholine rings is 1. The van der Waals surface area contributed by atoms with E-state index in [-0.39, 0.29) is 16.0 Å². The molecule has 9 heteroatoms. The molecule has 156 valence electrons. The molecule has 1 aliphatic carbocycles.